The van der Waals surface area contributed by atoms with E-state index in [1.807, 2.05) is 4.90 Å². The lowest BCUT2D eigenvalue weighted by molar-refractivity contribution is 0.0527. The summed E-state index contributed by atoms with van der Waals surface area (Å²) in [5.74, 6) is 0.179. The maximum absolute atomic E-state index is 11.8. The van der Waals surface area contributed by atoms with Crippen LogP contribution in [0.4, 0.5) is 11.5 Å². The largest absolute Gasteiger partial charge is 0.462 e. The summed E-state index contributed by atoms with van der Waals surface area (Å²) < 4.78 is 4.97. The number of hydrogen-bond acceptors (Lipinski definition) is 6. The van der Waals surface area contributed by atoms with Gasteiger partial charge in [0.2, 0.25) is 0 Å². The van der Waals surface area contributed by atoms with Crippen LogP contribution < -0.4 is 10.6 Å². The van der Waals surface area contributed by atoms with Crippen LogP contribution in [0.3, 0.4) is 0 Å². The van der Waals surface area contributed by atoms with E-state index >= 15 is 0 Å². The normalized spacial score (nSPS) is 10.3. The first-order chi connectivity index (χ1) is 9.63. The molecular formula is C14H23N3O3. The van der Waals surface area contributed by atoms with E-state index in [9.17, 15) is 4.79 Å². The maximum atomic E-state index is 11.8. The molecule has 0 saturated carbocycles. The molecule has 3 N–H and O–H groups in total. The van der Waals surface area contributed by atoms with Crippen LogP contribution in [0.5, 0.6) is 0 Å². The van der Waals surface area contributed by atoms with Crippen LogP contribution in [0.1, 0.15) is 37.0 Å². The van der Waals surface area contributed by atoms with Crippen molar-refractivity contribution < 1.29 is 14.6 Å². The summed E-state index contributed by atoms with van der Waals surface area (Å²) in [6.45, 7) is 5.42. The van der Waals surface area contributed by atoms with Crippen LogP contribution in [-0.2, 0) is 4.74 Å². The van der Waals surface area contributed by atoms with Gasteiger partial charge in [-0.05, 0) is 19.4 Å². The number of anilines is 2. The number of hydrogen-bond donors (Lipinski definition) is 2. The van der Waals surface area contributed by atoms with Crippen molar-refractivity contribution in [2.45, 2.75) is 26.7 Å². The van der Waals surface area contributed by atoms with Crippen molar-refractivity contribution in [1.29, 1.82) is 0 Å². The number of rotatable bonds is 8. The fraction of sp³-hybridized carbons (Fsp3) is 0.571. The highest BCUT2D eigenvalue weighted by Crippen LogP contribution is 2.19. The molecule has 0 bridgehead atoms. The Morgan fingerprint density at radius 1 is 1.45 bits per heavy atom. The van der Waals surface area contributed by atoms with Gasteiger partial charge in [0.05, 0.1) is 30.7 Å². The highest BCUT2D eigenvalue weighted by molar-refractivity contribution is 5.95. The van der Waals surface area contributed by atoms with Crippen LogP contribution in [0.15, 0.2) is 12.3 Å². The number of ether oxygens (including phenoxy) is 1. The van der Waals surface area contributed by atoms with Gasteiger partial charge in [-0.2, -0.15) is 0 Å². The molecule has 20 heavy (non-hydrogen) atoms. The van der Waals surface area contributed by atoms with E-state index in [0.717, 1.165) is 19.4 Å². The molecule has 0 saturated heterocycles. The number of aliphatic hydroxyl groups is 1. The number of nitrogen functional groups attached to an aromatic ring is 1. The third kappa shape index (κ3) is 4.38. The Morgan fingerprint density at radius 3 is 2.80 bits per heavy atom. The van der Waals surface area contributed by atoms with Gasteiger partial charge in [0, 0.05) is 13.1 Å². The fourth-order valence-electron chi connectivity index (χ4n) is 1.82. The molecule has 112 valence electrons. The van der Waals surface area contributed by atoms with E-state index in [4.69, 9.17) is 15.6 Å². The van der Waals surface area contributed by atoms with Gasteiger partial charge < -0.3 is 20.5 Å². The minimum Gasteiger partial charge on any atom is -0.462 e. The fourth-order valence-corrected chi connectivity index (χ4v) is 1.82. The molecule has 1 aromatic rings. The Labute approximate surface area is 119 Å². The van der Waals surface area contributed by atoms with Crippen molar-refractivity contribution in [2.75, 3.05) is 36.9 Å². The van der Waals surface area contributed by atoms with E-state index in [2.05, 4.69) is 11.9 Å². The standard InChI is InChI=1S/C14H23N3O3/c1-3-5-6-17(7-8-18)13-9-11(12(15)10-16-13)14(19)20-4-2/h9-10,18H,3-8,15H2,1-2H3. The lowest BCUT2D eigenvalue weighted by Gasteiger charge is -2.23. The zero-order valence-corrected chi connectivity index (χ0v) is 12.1. The molecule has 1 heterocycles. The number of aromatic nitrogens is 1. The van der Waals surface area contributed by atoms with E-state index < -0.39 is 5.97 Å². The third-order valence-corrected chi connectivity index (χ3v) is 2.89. The lowest BCUT2D eigenvalue weighted by atomic mass is 10.2. The number of carbonyl (C=O) groups excluding carboxylic acids is 1. The number of esters is 1. The Balaban J connectivity index is 2.98. The summed E-state index contributed by atoms with van der Waals surface area (Å²) in [6, 6.07) is 1.62. The van der Waals surface area contributed by atoms with Gasteiger partial charge in [-0.1, -0.05) is 13.3 Å². The van der Waals surface area contributed by atoms with Gasteiger partial charge in [-0.15, -0.1) is 0 Å². The first-order valence-electron chi connectivity index (χ1n) is 6.92. The molecule has 0 spiro atoms. The van der Waals surface area contributed by atoms with Crippen molar-refractivity contribution in [2.24, 2.45) is 0 Å². The Morgan fingerprint density at radius 2 is 2.20 bits per heavy atom. The second kappa shape index (κ2) is 8.37. The smallest absolute Gasteiger partial charge is 0.340 e. The molecule has 6 heteroatoms. The van der Waals surface area contributed by atoms with Crippen LogP contribution in [0, 0.1) is 0 Å². The minimum absolute atomic E-state index is 0.0323. The zero-order chi connectivity index (χ0) is 15.0. The summed E-state index contributed by atoms with van der Waals surface area (Å²) >= 11 is 0. The Kier molecular flexibility index (Phi) is 6.79. The zero-order valence-electron chi connectivity index (χ0n) is 12.1. The van der Waals surface area contributed by atoms with Crippen molar-refractivity contribution in [3.05, 3.63) is 17.8 Å². The van der Waals surface area contributed by atoms with E-state index in [0.29, 0.717) is 30.2 Å². The van der Waals surface area contributed by atoms with E-state index in [1.54, 1.807) is 13.0 Å². The van der Waals surface area contributed by atoms with Gasteiger partial charge in [-0.3, -0.25) is 0 Å². The molecule has 0 aliphatic heterocycles. The van der Waals surface area contributed by atoms with Gasteiger partial charge in [0.1, 0.15) is 5.82 Å². The number of nitrogens with two attached hydrogens (primary N) is 1. The highest BCUT2D eigenvalue weighted by Gasteiger charge is 2.15. The van der Waals surface area contributed by atoms with Crippen molar-refractivity contribution >= 4 is 17.5 Å². The summed E-state index contributed by atoms with van der Waals surface area (Å²) in [5.41, 5.74) is 6.38. The van der Waals surface area contributed by atoms with Crippen LogP contribution in [-0.4, -0.2) is 42.4 Å². The molecule has 0 aliphatic rings. The Bertz CT molecular complexity index is 438. The molecule has 6 nitrogen and oxygen atoms in total. The Hall–Kier alpha value is -1.82. The van der Waals surface area contributed by atoms with Crippen LogP contribution in [0.2, 0.25) is 0 Å². The highest BCUT2D eigenvalue weighted by atomic mass is 16.5. The number of nitrogens with zero attached hydrogens (tertiary/aromatic N) is 2. The predicted molar refractivity (Wildman–Crippen MR) is 78.8 cm³/mol. The second-order valence-electron chi connectivity index (χ2n) is 4.41. The molecule has 1 rings (SSSR count). The molecule has 0 atom stereocenters. The summed E-state index contributed by atoms with van der Waals surface area (Å²) in [6.07, 6.45) is 3.49. The second-order valence-corrected chi connectivity index (χ2v) is 4.41. The first-order valence-corrected chi connectivity index (χ1v) is 6.92. The van der Waals surface area contributed by atoms with Crippen molar-refractivity contribution in [3.63, 3.8) is 0 Å². The molecule has 0 aliphatic carbocycles. The average Bonchev–Trinajstić information content (AvgIpc) is 2.44. The summed E-state index contributed by atoms with van der Waals surface area (Å²) in [4.78, 5) is 18.0. The van der Waals surface area contributed by atoms with E-state index in [1.165, 1.54) is 6.20 Å². The minimum atomic E-state index is -0.451. The van der Waals surface area contributed by atoms with Gasteiger partial charge in [-0.25, -0.2) is 9.78 Å². The number of carbonyl (C=O) groups is 1. The van der Waals surface area contributed by atoms with Crippen molar-refractivity contribution in [1.82, 2.24) is 4.98 Å². The topological polar surface area (TPSA) is 88.7 Å². The molecule has 0 amide bonds. The van der Waals surface area contributed by atoms with Crippen LogP contribution in [0.25, 0.3) is 0 Å². The summed E-state index contributed by atoms with van der Waals surface area (Å²) in [7, 11) is 0. The van der Waals surface area contributed by atoms with Gasteiger partial charge in [0.25, 0.3) is 0 Å². The SMILES string of the molecule is CCCCN(CCO)c1cc(C(=O)OCC)c(N)cn1. The third-order valence-electron chi connectivity index (χ3n) is 2.89. The van der Waals surface area contributed by atoms with Crippen molar-refractivity contribution in [3.8, 4) is 0 Å². The molecule has 1 aromatic heterocycles. The lowest BCUT2D eigenvalue weighted by Crippen LogP contribution is -2.29. The summed E-state index contributed by atoms with van der Waals surface area (Å²) in [5, 5.41) is 9.13. The first kappa shape index (κ1) is 16.2. The average molecular weight is 281 g/mol. The molecular weight excluding hydrogens is 258 g/mol. The van der Waals surface area contributed by atoms with Gasteiger partial charge in [0.15, 0.2) is 0 Å². The monoisotopic (exact) mass is 281 g/mol. The van der Waals surface area contributed by atoms with Crippen LogP contribution >= 0.6 is 0 Å². The van der Waals surface area contributed by atoms with Gasteiger partial charge >= 0.3 is 5.97 Å². The molecule has 0 fully saturated rings. The number of unbranched alkanes of at least 4 members (excludes halogenated alkanes) is 1. The predicted octanol–water partition coefficient (Wildman–Crippen LogP) is 1.44. The van der Waals surface area contributed by atoms with E-state index in [-0.39, 0.29) is 6.61 Å². The molecule has 0 radical (unpaired) electrons. The number of pyridine rings is 1. The molecule has 0 aromatic carbocycles. The number of aliphatic hydroxyl groups excluding tert-OH is 1. The maximum Gasteiger partial charge on any atom is 0.340 e. The quantitative estimate of drug-likeness (QED) is 0.701. The molecule has 0 unspecified atom stereocenters.